The maximum atomic E-state index is 5.87. The summed E-state index contributed by atoms with van der Waals surface area (Å²) in [4.78, 5) is 0. The highest BCUT2D eigenvalue weighted by atomic mass is 35.5. The summed E-state index contributed by atoms with van der Waals surface area (Å²) in [7, 11) is 1.68. The first kappa shape index (κ1) is 13.2. The van der Waals surface area contributed by atoms with E-state index in [1.165, 1.54) is 0 Å². The van der Waals surface area contributed by atoms with Crippen LogP contribution in [-0.4, -0.2) is 32.8 Å². The molecule has 13 heavy (non-hydrogen) atoms. The van der Waals surface area contributed by atoms with Crippen LogP contribution in [-0.2, 0) is 9.47 Å². The van der Waals surface area contributed by atoms with Crippen molar-refractivity contribution >= 4 is 11.6 Å². The highest BCUT2D eigenvalue weighted by Gasteiger charge is 2.19. The van der Waals surface area contributed by atoms with Crippen LogP contribution in [0.25, 0.3) is 0 Å². The number of halogens is 1. The molecule has 0 saturated heterocycles. The van der Waals surface area contributed by atoms with E-state index in [0.717, 1.165) is 19.4 Å². The van der Waals surface area contributed by atoms with Crippen LogP contribution in [0.15, 0.2) is 0 Å². The van der Waals surface area contributed by atoms with Crippen molar-refractivity contribution in [3.05, 3.63) is 0 Å². The Hall–Kier alpha value is 0.210. The number of methoxy groups -OCH3 is 1. The second-order valence-electron chi connectivity index (χ2n) is 3.65. The fraction of sp³-hybridized carbons (Fsp3) is 1.00. The first-order chi connectivity index (χ1) is 6.18. The van der Waals surface area contributed by atoms with Gasteiger partial charge in [0.25, 0.3) is 0 Å². The molecule has 0 aromatic carbocycles. The summed E-state index contributed by atoms with van der Waals surface area (Å²) in [5, 5.41) is 0. The van der Waals surface area contributed by atoms with E-state index in [0.29, 0.717) is 19.1 Å². The van der Waals surface area contributed by atoms with Gasteiger partial charge in [0.05, 0.1) is 13.2 Å². The van der Waals surface area contributed by atoms with E-state index in [-0.39, 0.29) is 5.41 Å². The molecule has 0 fully saturated rings. The lowest BCUT2D eigenvalue weighted by Crippen LogP contribution is -2.20. The van der Waals surface area contributed by atoms with Crippen LogP contribution >= 0.6 is 11.6 Å². The van der Waals surface area contributed by atoms with Gasteiger partial charge in [0, 0.05) is 19.6 Å². The minimum atomic E-state index is 0.231. The number of ether oxygens (including phenoxy) is 2. The van der Waals surface area contributed by atoms with E-state index in [2.05, 4.69) is 13.8 Å². The molecule has 0 N–H and O–H groups in total. The highest BCUT2D eigenvalue weighted by molar-refractivity contribution is 6.18. The van der Waals surface area contributed by atoms with Crippen LogP contribution < -0.4 is 0 Å². The van der Waals surface area contributed by atoms with Gasteiger partial charge in [-0.25, -0.2) is 0 Å². The predicted molar refractivity (Wildman–Crippen MR) is 56.4 cm³/mol. The maximum Gasteiger partial charge on any atom is 0.0700 e. The third-order valence-corrected chi connectivity index (χ3v) is 3.10. The van der Waals surface area contributed by atoms with Crippen molar-refractivity contribution in [3.63, 3.8) is 0 Å². The van der Waals surface area contributed by atoms with E-state index in [1.807, 2.05) is 0 Å². The maximum absolute atomic E-state index is 5.87. The average Bonchev–Trinajstić information content (AvgIpc) is 2.17. The van der Waals surface area contributed by atoms with Gasteiger partial charge in [0.2, 0.25) is 0 Å². The number of rotatable bonds is 8. The van der Waals surface area contributed by atoms with Gasteiger partial charge < -0.3 is 9.47 Å². The zero-order chi connectivity index (χ0) is 10.2. The van der Waals surface area contributed by atoms with Crippen molar-refractivity contribution in [2.45, 2.75) is 26.7 Å². The van der Waals surface area contributed by atoms with Crippen molar-refractivity contribution in [3.8, 4) is 0 Å². The van der Waals surface area contributed by atoms with Gasteiger partial charge in [-0.1, -0.05) is 13.8 Å². The van der Waals surface area contributed by atoms with E-state index < -0.39 is 0 Å². The SMILES string of the molecule is CCC(C)(CCl)CCOCCOC. The molecule has 0 radical (unpaired) electrons. The van der Waals surface area contributed by atoms with Crippen LogP contribution in [0.3, 0.4) is 0 Å². The molecule has 0 aliphatic heterocycles. The Morgan fingerprint density at radius 2 is 1.92 bits per heavy atom. The monoisotopic (exact) mass is 208 g/mol. The summed E-state index contributed by atoms with van der Waals surface area (Å²) in [6.45, 7) is 6.49. The molecule has 0 rings (SSSR count). The van der Waals surface area contributed by atoms with Crippen molar-refractivity contribution < 1.29 is 9.47 Å². The summed E-state index contributed by atoms with van der Waals surface area (Å²) < 4.78 is 10.3. The highest BCUT2D eigenvalue weighted by Crippen LogP contribution is 2.26. The predicted octanol–water partition coefficient (Wildman–Crippen LogP) is 2.69. The van der Waals surface area contributed by atoms with Gasteiger partial charge in [0.15, 0.2) is 0 Å². The van der Waals surface area contributed by atoms with Crippen LogP contribution in [0.4, 0.5) is 0 Å². The smallest absolute Gasteiger partial charge is 0.0700 e. The van der Waals surface area contributed by atoms with E-state index in [9.17, 15) is 0 Å². The Kier molecular flexibility index (Phi) is 7.72. The summed E-state index contributed by atoms with van der Waals surface area (Å²) >= 11 is 5.87. The van der Waals surface area contributed by atoms with E-state index in [4.69, 9.17) is 21.1 Å². The molecule has 0 bridgehead atoms. The Balaban J connectivity index is 3.39. The van der Waals surface area contributed by atoms with Crippen LogP contribution in [0.5, 0.6) is 0 Å². The summed E-state index contributed by atoms with van der Waals surface area (Å²) in [5.41, 5.74) is 0.231. The van der Waals surface area contributed by atoms with Gasteiger partial charge in [-0.3, -0.25) is 0 Å². The Bertz CT molecular complexity index is 113. The number of hydrogen-bond acceptors (Lipinski definition) is 2. The Morgan fingerprint density at radius 3 is 2.38 bits per heavy atom. The third kappa shape index (κ3) is 6.30. The molecule has 1 atom stereocenters. The van der Waals surface area contributed by atoms with Crippen molar-refractivity contribution in [2.24, 2.45) is 5.41 Å². The van der Waals surface area contributed by atoms with E-state index >= 15 is 0 Å². The third-order valence-electron chi connectivity index (χ3n) is 2.46. The molecule has 0 amide bonds. The lowest BCUT2D eigenvalue weighted by Gasteiger charge is -2.24. The lowest BCUT2D eigenvalue weighted by molar-refractivity contribution is 0.0558. The molecular weight excluding hydrogens is 188 g/mol. The van der Waals surface area contributed by atoms with Gasteiger partial charge in [0.1, 0.15) is 0 Å². The molecule has 0 aromatic heterocycles. The molecule has 80 valence electrons. The van der Waals surface area contributed by atoms with Crippen molar-refractivity contribution in [1.29, 1.82) is 0 Å². The molecule has 0 spiro atoms. The van der Waals surface area contributed by atoms with Gasteiger partial charge in [-0.2, -0.15) is 0 Å². The molecule has 0 aliphatic rings. The largest absolute Gasteiger partial charge is 0.382 e. The van der Waals surface area contributed by atoms with Gasteiger partial charge in [-0.15, -0.1) is 11.6 Å². The number of alkyl halides is 1. The van der Waals surface area contributed by atoms with Gasteiger partial charge >= 0.3 is 0 Å². The van der Waals surface area contributed by atoms with Crippen LogP contribution in [0, 0.1) is 5.41 Å². The standard InChI is InChI=1S/C10H21ClO2/c1-4-10(2,9-11)5-6-13-8-7-12-3/h4-9H2,1-3H3. The average molecular weight is 209 g/mol. The Morgan fingerprint density at radius 1 is 1.23 bits per heavy atom. The van der Waals surface area contributed by atoms with Crippen molar-refractivity contribution in [1.82, 2.24) is 0 Å². The van der Waals surface area contributed by atoms with Crippen LogP contribution in [0.1, 0.15) is 26.7 Å². The summed E-state index contributed by atoms with van der Waals surface area (Å²) in [6.07, 6.45) is 2.13. The molecular formula is C10H21ClO2. The van der Waals surface area contributed by atoms with Crippen LogP contribution in [0.2, 0.25) is 0 Å². The second kappa shape index (κ2) is 7.60. The quantitative estimate of drug-likeness (QED) is 0.451. The zero-order valence-corrected chi connectivity index (χ0v) is 9.69. The first-order valence-corrected chi connectivity index (χ1v) is 5.34. The van der Waals surface area contributed by atoms with Crippen molar-refractivity contribution in [2.75, 3.05) is 32.8 Å². The lowest BCUT2D eigenvalue weighted by atomic mass is 9.87. The number of hydrogen-bond donors (Lipinski definition) is 0. The van der Waals surface area contributed by atoms with Gasteiger partial charge in [-0.05, 0) is 18.3 Å². The normalized spacial score (nSPS) is 15.7. The molecule has 0 heterocycles. The molecule has 3 heteroatoms. The molecule has 0 saturated carbocycles. The zero-order valence-electron chi connectivity index (χ0n) is 8.94. The molecule has 0 aliphatic carbocycles. The minimum Gasteiger partial charge on any atom is -0.382 e. The molecule has 0 aromatic rings. The fourth-order valence-corrected chi connectivity index (χ4v) is 1.22. The summed E-state index contributed by atoms with van der Waals surface area (Å²) in [5.74, 6) is 0.705. The van der Waals surface area contributed by atoms with E-state index in [1.54, 1.807) is 7.11 Å². The summed E-state index contributed by atoms with van der Waals surface area (Å²) in [6, 6.07) is 0. The minimum absolute atomic E-state index is 0.231. The Labute approximate surface area is 86.6 Å². The molecule has 2 nitrogen and oxygen atoms in total. The molecule has 1 unspecified atom stereocenters. The first-order valence-electron chi connectivity index (χ1n) is 4.81. The fourth-order valence-electron chi connectivity index (χ4n) is 0.901. The second-order valence-corrected chi connectivity index (χ2v) is 3.92. The topological polar surface area (TPSA) is 18.5 Å².